The summed E-state index contributed by atoms with van der Waals surface area (Å²) < 4.78 is 0. The minimum atomic E-state index is 0.974. The fourth-order valence-electron chi connectivity index (χ4n) is 1.55. The van der Waals surface area contributed by atoms with Crippen molar-refractivity contribution in [2.24, 2.45) is 0 Å². The molecule has 0 unspecified atom stereocenters. The number of aromatic nitrogens is 1. The van der Waals surface area contributed by atoms with Crippen molar-refractivity contribution in [2.75, 3.05) is 19.3 Å². The highest BCUT2D eigenvalue weighted by Crippen LogP contribution is 2.20. The number of nitrogens with zero attached hydrogens (tertiary/aromatic N) is 1. The minimum Gasteiger partial charge on any atom is -0.313 e. The van der Waals surface area contributed by atoms with E-state index >= 15 is 0 Å². The molecule has 0 fully saturated rings. The molecule has 1 aliphatic heterocycles. The summed E-state index contributed by atoms with van der Waals surface area (Å²) >= 11 is 1.73. The van der Waals surface area contributed by atoms with Gasteiger partial charge in [0, 0.05) is 17.6 Å². The average Bonchev–Trinajstić information content (AvgIpc) is 2.30. The predicted molar refractivity (Wildman–Crippen MR) is 61.5 cm³/mol. The lowest BCUT2D eigenvalue weighted by molar-refractivity contribution is 0.736. The summed E-state index contributed by atoms with van der Waals surface area (Å²) in [5.74, 6) is 0. The van der Waals surface area contributed by atoms with Crippen LogP contribution in [0.1, 0.15) is 12.1 Å². The van der Waals surface area contributed by atoms with Crippen molar-refractivity contribution in [1.29, 1.82) is 0 Å². The zero-order valence-electron chi connectivity index (χ0n) is 8.29. The normalized spacial score (nSPS) is 16.5. The second-order valence-electron chi connectivity index (χ2n) is 3.27. The third-order valence-electron chi connectivity index (χ3n) is 2.36. The van der Waals surface area contributed by atoms with Crippen molar-refractivity contribution in [3.8, 4) is 0 Å². The predicted octanol–water partition coefficient (Wildman–Crippen LogP) is 2.18. The van der Waals surface area contributed by atoms with Gasteiger partial charge in [-0.25, -0.2) is 0 Å². The zero-order chi connectivity index (χ0) is 9.80. The van der Waals surface area contributed by atoms with E-state index in [2.05, 4.69) is 34.8 Å². The Hall–Kier alpha value is -0.800. The summed E-state index contributed by atoms with van der Waals surface area (Å²) in [5.41, 5.74) is 2.50. The maximum absolute atomic E-state index is 4.46. The molecule has 74 valence electrons. The average molecular weight is 206 g/mol. The Kier molecular flexibility index (Phi) is 3.22. The van der Waals surface area contributed by atoms with Crippen LogP contribution in [0.15, 0.2) is 29.3 Å². The van der Waals surface area contributed by atoms with Crippen LogP contribution in [-0.4, -0.2) is 24.3 Å². The minimum absolute atomic E-state index is 0.974. The van der Waals surface area contributed by atoms with Crippen LogP contribution in [0.4, 0.5) is 0 Å². The number of nitrogens with one attached hydrogen (secondary N) is 1. The molecule has 0 bridgehead atoms. The lowest BCUT2D eigenvalue weighted by Crippen LogP contribution is -2.20. The molecule has 1 aromatic rings. The highest BCUT2D eigenvalue weighted by atomic mass is 32.2. The van der Waals surface area contributed by atoms with Crippen LogP contribution in [0.2, 0.25) is 0 Å². The van der Waals surface area contributed by atoms with Crippen LogP contribution < -0.4 is 5.32 Å². The lowest BCUT2D eigenvalue weighted by atomic mass is 10.1. The van der Waals surface area contributed by atoms with E-state index in [1.807, 2.05) is 6.20 Å². The first-order chi connectivity index (χ1) is 6.90. The van der Waals surface area contributed by atoms with Crippen LogP contribution in [0.3, 0.4) is 0 Å². The van der Waals surface area contributed by atoms with Crippen molar-refractivity contribution in [2.45, 2.75) is 11.3 Å². The molecule has 0 saturated heterocycles. The molecule has 3 heteroatoms. The van der Waals surface area contributed by atoms with Gasteiger partial charge >= 0.3 is 0 Å². The van der Waals surface area contributed by atoms with Crippen molar-refractivity contribution in [3.05, 3.63) is 30.1 Å². The molecule has 2 nitrogen and oxygen atoms in total. The van der Waals surface area contributed by atoms with Gasteiger partial charge in [0.15, 0.2) is 0 Å². The second-order valence-corrected chi connectivity index (χ2v) is 4.15. The smallest absolute Gasteiger partial charge is 0.0660 e. The number of thioether (sulfide) groups is 1. The Morgan fingerprint density at radius 2 is 2.36 bits per heavy atom. The van der Waals surface area contributed by atoms with E-state index < -0.39 is 0 Å². The molecule has 0 saturated carbocycles. The Bertz CT molecular complexity index is 330. The molecule has 0 aliphatic carbocycles. The lowest BCUT2D eigenvalue weighted by Gasteiger charge is -2.13. The molecule has 0 atom stereocenters. The van der Waals surface area contributed by atoms with Gasteiger partial charge in [-0.05, 0) is 36.9 Å². The van der Waals surface area contributed by atoms with E-state index in [0.29, 0.717) is 0 Å². The molecule has 0 radical (unpaired) electrons. The van der Waals surface area contributed by atoms with Crippen LogP contribution in [-0.2, 0) is 0 Å². The number of hydrogen-bond donors (Lipinski definition) is 1. The molecular formula is C11H14N2S. The Morgan fingerprint density at radius 1 is 1.43 bits per heavy atom. The molecule has 2 heterocycles. The summed E-state index contributed by atoms with van der Waals surface area (Å²) in [6.45, 7) is 2.04. The highest BCUT2D eigenvalue weighted by Gasteiger charge is 2.06. The summed E-state index contributed by atoms with van der Waals surface area (Å²) in [4.78, 5) is 5.68. The topological polar surface area (TPSA) is 24.9 Å². The molecule has 1 aliphatic rings. The van der Waals surface area contributed by atoms with Gasteiger partial charge in [-0.3, -0.25) is 4.98 Å². The van der Waals surface area contributed by atoms with Crippen molar-refractivity contribution in [1.82, 2.24) is 10.3 Å². The maximum atomic E-state index is 4.46. The molecule has 0 spiro atoms. The molecule has 1 N–H and O–H groups in total. The third kappa shape index (κ3) is 2.16. The number of hydrogen-bond acceptors (Lipinski definition) is 3. The van der Waals surface area contributed by atoms with E-state index in [1.54, 1.807) is 11.8 Å². The van der Waals surface area contributed by atoms with E-state index in [-0.39, 0.29) is 0 Å². The first-order valence-electron chi connectivity index (χ1n) is 4.80. The molecule has 1 aromatic heterocycles. The van der Waals surface area contributed by atoms with Gasteiger partial charge in [0.25, 0.3) is 0 Å². The molecule has 0 amide bonds. The summed E-state index contributed by atoms with van der Waals surface area (Å²) in [7, 11) is 0. The number of rotatable bonds is 2. The Morgan fingerprint density at radius 3 is 2.93 bits per heavy atom. The SMILES string of the molecule is CSc1ccc(C2=CCNCC2)nc1. The summed E-state index contributed by atoms with van der Waals surface area (Å²) in [6.07, 6.45) is 7.33. The molecular weight excluding hydrogens is 192 g/mol. The van der Waals surface area contributed by atoms with Gasteiger partial charge in [0.1, 0.15) is 0 Å². The van der Waals surface area contributed by atoms with E-state index in [9.17, 15) is 0 Å². The fourth-order valence-corrected chi connectivity index (χ4v) is 1.91. The first kappa shape index (κ1) is 9.74. The van der Waals surface area contributed by atoms with Crippen LogP contribution in [0, 0.1) is 0 Å². The van der Waals surface area contributed by atoms with Crippen LogP contribution in [0.25, 0.3) is 5.57 Å². The fraction of sp³-hybridized carbons (Fsp3) is 0.364. The second kappa shape index (κ2) is 4.62. The Labute approximate surface area is 88.8 Å². The van der Waals surface area contributed by atoms with Gasteiger partial charge in [0.05, 0.1) is 5.69 Å². The van der Waals surface area contributed by atoms with E-state index in [4.69, 9.17) is 0 Å². The van der Waals surface area contributed by atoms with Crippen molar-refractivity contribution >= 4 is 17.3 Å². The van der Waals surface area contributed by atoms with Crippen molar-refractivity contribution < 1.29 is 0 Å². The molecule has 0 aromatic carbocycles. The van der Waals surface area contributed by atoms with Gasteiger partial charge in [-0.2, -0.15) is 0 Å². The maximum Gasteiger partial charge on any atom is 0.0660 e. The number of pyridine rings is 1. The van der Waals surface area contributed by atoms with Crippen LogP contribution >= 0.6 is 11.8 Å². The third-order valence-corrected chi connectivity index (χ3v) is 3.08. The molecule has 14 heavy (non-hydrogen) atoms. The van der Waals surface area contributed by atoms with Crippen LogP contribution in [0.5, 0.6) is 0 Å². The first-order valence-corrected chi connectivity index (χ1v) is 6.03. The standard InChI is InChI=1S/C11H14N2S/c1-14-10-2-3-11(13-8-10)9-4-6-12-7-5-9/h2-4,8,12H,5-7H2,1H3. The molecule has 2 rings (SSSR count). The summed E-state index contributed by atoms with van der Waals surface area (Å²) in [6, 6.07) is 4.25. The zero-order valence-corrected chi connectivity index (χ0v) is 9.10. The largest absolute Gasteiger partial charge is 0.313 e. The monoisotopic (exact) mass is 206 g/mol. The van der Waals surface area contributed by atoms with Crippen molar-refractivity contribution in [3.63, 3.8) is 0 Å². The van der Waals surface area contributed by atoms with Gasteiger partial charge in [-0.1, -0.05) is 6.08 Å². The highest BCUT2D eigenvalue weighted by molar-refractivity contribution is 7.98. The Balaban J connectivity index is 2.19. The quantitative estimate of drug-likeness (QED) is 0.751. The van der Waals surface area contributed by atoms with Gasteiger partial charge in [0.2, 0.25) is 0 Å². The van der Waals surface area contributed by atoms with Gasteiger partial charge in [-0.15, -0.1) is 11.8 Å². The van der Waals surface area contributed by atoms with E-state index in [0.717, 1.165) is 25.2 Å². The van der Waals surface area contributed by atoms with E-state index in [1.165, 1.54) is 10.5 Å². The summed E-state index contributed by atoms with van der Waals surface area (Å²) in [5, 5.41) is 3.30. The van der Waals surface area contributed by atoms with Gasteiger partial charge < -0.3 is 5.32 Å².